The molecule has 0 bridgehead atoms. The van der Waals surface area contributed by atoms with Crippen LogP contribution in [0.2, 0.25) is 0 Å². The number of likely N-dealkylation sites (N-methyl/N-ethyl adjacent to an activating group) is 1. The molecule has 0 aliphatic carbocycles. The molecule has 2 nitrogen and oxygen atoms in total. The van der Waals surface area contributed by atoms with Crippen molar-refractivity contribution in [3.05, 3.63) is 11.6 Å². The third-order valence-electron chi connectivity index (χ3n) is 1.79. The molecular formula is C9H16N2. The standard InChI is InChI=1S/C9H16N2/c1-5-9(6-10)7-11(4)8(2)3/h5,8H,7H2,1-4H3/b9-5+. The van der Waals surface area contributed by atoms with Gasteiger partial charge < -0.3 is 0 Å². The normalized spacial score (nSPS) is 12.3. The van der Waals surface area contributed by atoms with E-state index in [0.29, 0.717) is 6.04 Å². The SMILES string of the molecule is C/C=C(\C#N)CN(C)C(C)C. The van der Waals surface area contributed by atoms with Crippen LogP contribution in [0, 0.1) is 11.3 Å². The molecule has 11 heavy (non-hydrogen) atoms. The molecule has 0 aliphatic rings. The Labute approximate surface area is 69.1 Å². The second kappa shape index (κ2) is 4.92. The molecule has 0 atom stereocenters. The van der Waals surface area contributed by atoms with Gasteiger partial charge in [0, 0.05) is 18.2 Å². The molecule has 0 saturated carbocycles. The average Bonchev–Trinajstić information content (AvgIpc) is 1.99. The number of allylic oxidation sites excluding steroid dienone is 1. The van der Waals surface area contributed by atoms with Crippen LogP contribution in [0.15, 0.2) is 11.6 Å². The molecule has 0 saturated heterocycles. The predicted octanol–water partition coefficient (Wildman–Crippen LogP) is 1.80. The molecule has 0 radical (unpaired) electrons. The maximum atomic E-state index is 8.61. The van der Waals surface area contributed by atoms with E-state index in [9.17, 15) is 0 Å². The van der Waals surface area contributed by atoms with E-state index in [-0.39, 0.29) is 0 Å². The molecule has 0 heterocycles. The third kappa shape index (κ3) is 3.79. The van der Waals surface area contributed by atoms with Crippen LogP contribution in [-0.2, 0) is 0 Å². The molecule has 0 spiro atoms. The third-order valence-corrected chi connectivity index (χ3v) is 1.79. The van der Waals surface area contributed by atoms with Crippen molar-refractivity contribution in [2.24, 2.45) is 0 Å². The first kappa shape index (κ1) is 10.2. The van der Waals surface area contributed by atoms with E-state index in [4.69, 9.17) is 5.26 Å². The fourth-order valence-corrected chi connectivity index (χ4v) is 0.642. The Kier molecular flexibility index (Phi) is 4.56. The first-order valence-corrected chi connectivity index (χ1v) is 3.87. The minimum atomic E-state index is 0.498. The Bertz CT molecular complexity index is 174. The summed E-state index contributed by atoms with van der Waals surface area (Å²) in [6.45, 7) is 6.88. The van der Waals surface area contributed by atoms with Crippen molar-refractivity contribution < 1.29 is 0 Å². The van der Waals surface area contributed by atoms with E-state index >= 15 is 0 Å². The Balaban J connectivity index is 3.95. The maximum Gasteiger partial charge on any atom is 0.0957 e. The molecule has 2 heteroatoms. The lowest BCUT2D eigenvalue weighted by atomic mass is 10.2. The van der Waals surface area contributed by atoms with Crippen molar-refractivity contribution >= 4 is 0 Å². The van der Waals surface area contributed by atoms with Gasteiger partial charge in [0.2, 0.25) is 0 Å². The van der Waals surface area contributed by atoms with Crippen LogP contribution < -0.4 is 0 Å². The van der Waals surface area contributed by atoms with Gasteiger partial charge in [-0.3, -0.25) is 4.90 Å². The van der Waals surface area contributed by atoms with E-state index < -0.39 is 0 Å². The molecule has 0 aliphatic heterocycles. The van der Waals surface area contributed by atoms with Crippen molar-refractivity contribution in [3.63, 3.8) is 0 Å². The van der Waals surface area contributed by atoms with Gasteiger partial charge in [0.15, 0.2) is 0 Å². The second-order valence-corrected chi connectivity index (χ2v) is 2.93. The second-order valence-electron chi connectivity index (χ2n) is 2.93. The fourth-order valence-electron chi connectivity index (χ4n) is 0.642. The maximum absolute atomic E-state index is 8.61. The highest BCUT2D eigenvalue weighted by molar-refractivity contribution is 5.21. The first-order valence-electron chi connectivity index (χ1n) is 3.87. The lowest BCUT2D eigenvalue weighted by molar-refractivity contribution is 0.299. The lowest BCUT2D eigenvalue weighted by Crippen LogP contribution is -2.27. The van der Waals surface area contributed by atoms with Crippen LogP contribution >= 0.6 is 0 Å². The number of hydrogen-bond acceptors (Lipinski definition) is 2. The highest BCUT2D eigenvalue weighted by Crippen LogP contribution is 1.99. The molecule has 0 N–H and O–H groups in total. The zero-order valence-corrected chi connectivity index (χ0v) is 7.76. The zero-order chi connectivity index (χ0) is 8.85. The molecule has 0 aromatic rings. The first-order chi connectivity index (χ1) is 5.11. The van der Waals surface area contributed by atoms with E-state index in [2.05, 4.69) is 24.8 Å². The minimum Gasteiger partial charge on any atom is -0.299 e. The summed E-state index contributed by atoms with van der Waals surface area (Å²) in [5, 5.41) is 8.61. The summed E-state index contributed by atoms with van der Waals surface area (Å²) in [6, 6.07) is 2.66. The minimum absolute atomic E-state index is 0.498. The summed E-state index contributed by atoms with van der Waals surface area (Å²) in [5.74, 6) is 0. The van der Waals surface area contributed by atoms with E-state index in [1.807, 2.05) is 20.0 Å². The van der Waals surface area contributed by atoms with Gasteiger partial charge in [-0.15, -0.1) is 0 Å². The molecule has 0 unspecified atom stereocenters. The lowest BCUT2D eigenvalue weighted by Gasteiger charge is -2.19. The Morgan fingerprint density at radius 3 is 2.45 bits per heavy atom. The van der Waals surface area contributed by atoms with Crippen LogP contribution in [-0.4, -0.2) is 24.5 Å². The highest BCUT2D eigenvalue weighted by atomic mass is 15.1. The Morgan fingerprint density at radius 1 is 1.64 bits per heavy atom. The summed E-state index contributed by atoms with van der Waals surface area (Å²) in [6.07, 6.45) is 1.86. The summed E-state index contributed by atoms with van der Waals surface area (Å²) < 4.78 is 0. The van der Waals surface area contributed by atoms with Gasteiger partial charge in [0.25, 0.3) is 0 Å². The number of nitrogens with zero attached hydrogens (tertiary/aromatic N) is 2. The van der Waals surface area contributed by atoms with Crippen LogP contribution in [0.25, 0.3) is 0 Å². The largest absolute Gasteiger partial charge is 0.299 e. The highest BCUT2D eigenvalue weighted by Gasteiger charge is 2.04. The molecule has 0 fully saturated rings. The monoisotopic (exact) mass is 152 g/mol. The summed E-state index contributed by atoms with van der Waals surface area (Å²) in [5.41, 5.74) is 0.834. The fraction of sp³-hybridized carbons (Fsp3) is 0.667. The molecule has 0 aromatic carbocycles. The average molecular weight is 152 g/mol. The number of nitriles is 1. The van der Waals surface area contributed by atoms with Gasteiger partial charge in [-0.05, 0) is 27.8 Å². The molecule has 0 amide bonds. The van der Waals surface area contributed by atoms with Gasteiger partial charge >= 0.3 is 0 Å². The Morgan fingerprint density at radius 2 is 2.18 bits per heavy atom. The van der Waals surface area contributed by atoms with Crippen molar-refractivity contribution in [1.82, 2.24) is 4.90 Å². The quantitative estimate of drug-likeness (QED) is 0.576. The van der Waals surface area contributed by atoms with Crippen LogP contribution in [0.3, 0.4) is 0 Å². The summed E-state index contributed by atoms with van der Waals surface area (Å²) in [4.78, 5) is 2.14. The van der Waals surface area contributed by atoms with E-state index in [0.717, 1.165) is 12.1 Å². The van der Waals surface area contributed by atoms with E-state index in [1.165, 1.54) is 0 Å². The topological polar surface area (TPSA) is 27.0 Å². The number of hydrogen-bond donors (Lipinski definition) is 0. The smallest absolute Gasteiger partial charge is 0.0957 e. The van der Waals surface area contributed by atoms with Gasteiger partial charge in [0.05, 0.1) is 6.07 Å². The predicted molar refractivity (Wildman–Crippen MR) is 47.1 cm³/mol. The molecule has 0 aromatic heterocycles. The molecule has 62 valence electrons. The van der Waals surface area contributed by atoms with Crippen molar-refractivity contribution in [3.8, 4) is 6.07 Å². The van der Waals surface area contributed by atoms with Gasteiger partial charge in [-0.1, -0.05) is 6.08 Å². The van der Waals surface area contributed by atoms with Crippen molar-refractivity contribution in [1.29, 1.82) is 5.26 Å². The number of rotatable bonds is 3. The van der Waals surface area contributed by atoms with Crippen molar-refractivity contribution in [2.75, 3.05) is 13.6 Å². The Hall–Kier alpha value is -0.810. The van der Waals surface area contributed by atoms with Crippen LogP contribution in [0.1, 0.15) is 20.8 Å². The van der Waals surface area contributed by atoms with Gasteiger partial charge in [-0.2, -0.15) is 5.26 Å². The van der Waals surface area contributed by atoms with Crippen LogP contribution in [0.4, 0.5) is 0 Å². The summed E-state index contributed by atoms with van der Waals surface area (Å²) >= 11 is 0. The van der Waals surface area contributed by atoms with Crippen molar-refractivity contribution in [2.45, 2.75) is 26.8 Å². The van der Waals surface area contributed by atoms with Crippen LogP contribution in [0.5, 0.6) is 0 Å². The molecular weight excluding hydrogens is 136 g/mol. The van der Waals surface area contributed by atoms with Gasteiger partial charge in [0.1, 0.15) is 0 Å². The summed E-state index contributed by atoms with van der Waals surface area (Å²) in [7, 11) is 2.02. The van der Waals surface area contributed by atoms with Gasteiger partial charge in [-0.25, -0.2) is 0 Å². The van der Waals surface area contributed by atoms with E-state index in [1.54, 1.807) is 0 Å². The zero-order valence-electron chi connectivity index (χ0n) is 7.76. The molecule has 0 rings (SSSR count).